The highest BCUT2D eigenvalue weighted by molar-refractivity contribution is 5.92. The number of carbonyl (C=O) groups is 2. The van der Waals surface area contributed by atoms with E-state index in [1.807, 2.05) is 17.0 Å². The third-order valence-corrected chi connectivity index (χ3v) is 5.23. The summed E-state index contributed by atoms with van der Waals surface area (Å²) in [6.07, 6.45) is 0.784. The molecule has 0 saturated carbocycles. The van der Waals surface area contributed by atoms with E-state index in [2.05, 4.69) is 5.32 Å². The van der Waals surface area contributed by atoms with Crippen LogP contribution in [0.1, 0.15) is 30.5 Å². The number of fused-ring (bicyclic) bond motifs is 1. The lowest BCUT2D eigenvalue weighted by Gasteiger charge is -2.37. The minimum absolute atomic E-state index is 0.0500. The zero-order valence-electron chi connectivity index (χ0n) is 17.9. The Balaban J connectivity index is 1.85. The second-order valence-electron chi connectivity index (χ2n) is 7.21. The first-order valence-electron chi connectivity index (χ1n) is 10.1. The van der Waals surface area contributed by atoms with Gasteiger partial charge in [-0.2, -0.15) is 0 Å². The third-order valence-electron chi connectivity index (χ3n) is 5.23. The number of benzene rings is 2. The van der Waals surface area contributed by atoms with Crippen LogP contribution < -0.4 is 14.8 Å². The summed E-state index contributed by atoms with van der Waals surface area (Å²) in [4.78, 5) is 26.9. The fourth-order valence-corrected chi connectivity index (χ4v) is 3.84. The SMILES string of the molecule is CCOC(=O)C[C@H]1c2cc(OC)c(OC)cc2CCN1CC(=O)Nc1cccc(F)c1. The third kappa shape index (κ3) is 5.52. The van der Waals surface area contributed by atoms with Crippen molar-refractivity contribution >= 4 is 17.6 Å². The Morgan fingerprint density at radius 1 is 1.16 bits per heavy atom. The molecule has 3 rings (SSSR count). The minimum atomic E-state index is -0.425. The van der Waals surface area contributed by atoms with Crippen LogP contribution >= 0.6 is 0 Å². The maximum Gasteiger partial charge on any atom is 0.307 e. The van der Waals surface area contributed by atoms with Gasteiger partial charge in [0.25, 0.3) is 0 Å². The van der Waals surface area contributed by atoms with E-state index in [4.69, 9.17) is 14.2 Å². The molecular formula is C23H27FN2O5. The molecule has 2 aromatic carbocycles. The van der Waals surface area contributed by atoms with Crippen molar-refractivity contribution < 1.29 is 28.2 Å². The van der Waals surface area contributed by atoms with Gasteiger partial charge in [-0.05, 0) is 54.8 Å². The molecule has 1 atom stereocenters. The summed E-state index contributed by atoms with van der Waals surface area (Å²) in [5.74, 6) is 0.120. The summed E-state index contributed by atoms with van der Waals surface area (Å²) in [6, 6.07) is 9.14. The normalized spacial score (nSPS) is 15.7. The molecule has 0 unspecified atom stereocenters. The summed E-state index contributed by atoms with van der Waals surface area (Å²) in [5, 5.41) is 2.71. The predicted molar refractivity (Wildman–Crippen MR) is 114 cm³/mol. The number of methoxy groups -OCH3 is 2. The van der Waals surface area contributed by atoms with Crippen molar-refractivity contribution in [3.8, 4) is 11.5 Å². The molecular weight excluding hydrogens is 403 g/mol. The molecule has 7 nitrogen and oxygen atoms in total. The Morgan fingerprint density at radius 2 is 1.90 bits per heavy atom. The van der Waals surface area contributed by atoms with Crippen molar-refractivity contribution in [2.75, 3.05) is 39.2 Å². The molecule has 1 aliphatic rings. The molecule has 2 aromatic rings. The quantitative estimate of drug-likeness (QED) is 0.648. The summed E-state index contributed by atoms with van der Waals surface area (Å²) in [7, 11) is 3.13. The van der Waals surface area contributed by atoms with Crippen molar-refractivity contribution in [1.82, 2.24) is 4.90 Å². The molecule has 1 amide bonds. The standard InChI is InChI=1S/C23H27FN2O5/c1-4-31-23(28)13-19-18-12-21(30-3)20(29-2)10-15(18)8-9-26(19)14-22(27)25-17-7-5-6-16(24)11-17/h5-7,10-12,19H,4,8-9,13-14H2,1-3H3,(H,25,27)/t19-/m0/s1. The second kappa shape index (κ2) is 10.3. The van der Waals surface area contributed by atoms with E-state index >= 15 is 0 Å². The first-order chi connectivity index (χ1) is 14.9. The van der Waals surface area contributed by atoms with Crippen LogP contribution in [-0.4, -0.2) is 50.7 Å². The van der Waals surface area contributed by atoms with Crippen molar-refractivity contribution in [3.63, 3.8) is 0 Å². The number of hydrogen-bond acceptors (Lipinski definition) is 6. The lowest BCUT2D eigenvalue weighted by Crippen LogP contribution is -2.41. The number of hydrogen-bond donors (Lipinski definition) is 1. The molecule has 0 saturated heterocycles. The highest BCUT2D eigenvalue weighted by atomic mass is 19.1. The van der Waals surface area contributed by atoms with Crippen LogP contribution in [0.5, 0.6) is 11.5 Å². The highest BCUT2D eigenvalue weighted by Gasteiger charge is 2.32. The van der Waals surface area contributed by atoms with Gasteiger partial charge in [0.05, 0.1) is 33.8 Å². The van der Waals surface area contributed by atoms with Gasteiger partial charge in [0.1, 0.15) is 5.82 Å². The maximum absolute atomic E-state index is 13.4. The lowest BCUT2D eigenvalue weighted by molar-refractivity contribution is -0.145. The second-order valence-corrected chi connectivity index (χ2v) is 7.21. The summed E-state index contributed by atoms with van der Waals surface area (Å²) >= 11 is 0. The molecule has 0 aliphatic carbocycles. The zero-order chi connectivity index (χ0) is 22.4. The zero-order valence-corrected chi connectivity index (χ0v) is 17.9. The van der Waals surface area contributed by atoms with Crippen LogP contribution in [0, 0.1) is 5.82 Å². The molecule has 31 heavy (non-hydrogen) atoms. The number of nitrogens with zero attached hydrogens (tertiary/aromatic N) is 1. The van der Waals surface area contributed by atoms with Gasteiger partial charge in [-0.3, -0.25) is 14.5 Å². The number of nitrogens with one attached hydrogen (secondary N) is 1. The molecule has 1 heterocycles. The average molecular weight is 430 g/mol. The first kappa shape index (κ1) is 22.6. The number of amides is 1. The summed E-state index contributed by atoms with van der Waals surface area (Å²) < 4.78 is 29.4. The first-order valence-corrected chi connectivity index (χ1v) is 10.1. The summed E-state index contributed by atoms with van der Waals surface area (Å²) in [6.45, 7) is 2.66. The van der Waals surface area contributed by atoms with Gasteiger partial charge in [0.15, 0.2) is 11.5 Å². The van der Waals surface area contributed by atoms with E-state index in [1.54, 1.807) is 27.2 Å². The van der Waals surface area contributed by atoms with Gasteiger partial charge in [0, 0.05) is 18.3 Å². The van der Waals surface area contributed by atoms with Crippen LogP contribution in [0.15, 0.2) is 36.4 Å². The van der Waals surface area contributed by atoms with Gasteiger partial charge >= 0.3 is 5.97 Å². The van der Waals surface area contributed by atoms with Gasteiger partial charge in [-0.1, -0.05) is 6.07 Å². The topological polar surface area (TPSA) is 77.1 Å². The van der Waals surface area contributed by atoms with Crippen LogP contribution in [0.4, 0.5) is 10.1 Å². The molecule has 8 heteroatoms. The molecule has 0 aromatic heterocycles. The molecule has 1 N–H and O–H groups in total. The number of anilines is 1. The molecule has 0 radical (unpaired) electrons. The Hall–Kier alpha value is -3.13. The number of halogens is 1. The Bertz CT molecular complexity index is 950. The maximum atomic E-state index is 13.4. The number of carbonyl (C=O) groups excluding carboxylic acids is 2. The Kier molecular flexibility index (Phi) is 7.46. The van der Waals surface area contributed by atoms with Gasteiger partial charge in [-0.15, -0.1) is 0 Å². The Morgan fingerprint density at radius 3 is 2.58 bits per heavy atom. The largest absolute Gasteiger partial charge is 0.493 e. The predicted octanol–water partition coefficient (Wildman–Crippen LogP) is 3.33. The van der Waals surface area contributed by atoms with Crippen molar-refractivity contribution in [3.05, 3.63) is 53.3 Å². The van der Waals surface area contributed by atoms with Gasteiger partial charge in [-0.25, -0.2) is 4.39 Å². The number of esters is 1. The van der Waals surface area contributed by atoms with Gasteiger partial charge in [0.2, 0.25) is 5.91 Å². The van der Waals surface area contributed by atoms with Crippen LogP contribution in [-0.2, 0) is 20.7 Å². The summed E-state index contributed by atoms with van der Waals surface area (Å²) in [5.41, 5.74) is 2.32. The fraction of sp³-hybridized carbons (Fsp3) is 0.391. The van der Waals surface area contributed by atoms with E-state index < -0.39 is 5.82 Å². The Labute approximate surface area is 181 Å². The van der Waals surface area contributed by atoms with Crippen LogP contribution in [0.25, 0.3) is 0 Å². The molecule has 0 fully saturated rings. The average Bonchev–Trinajstić information content (AvgIpc) is 2.74. The van der Waals surface area contributed by atoms with E-state index in [1.165, 1.54) is 18.2 Å². The fourth-order valence-electron chi connectivity index (χ4n) is 3.84. The minimum Gasteiger partial charge on any atom is -0.493 e. The number of ether oxygens (including phenoxy) is 3. The number of rotatable bonds is 8. The monoisotopic (exact) mass is 430 g/mol. The van der Waals surface area contributed by atoms with E-state index in [-0.39, 0.29) is 37.5 Å². The van der Waals surface area contributed by atoms with E-state index in [9.17, 15) is 14.0 Å². The van der Waals surface area contributed by atoms with E-state index in [0.29, 0.717) is 30.2 Å². The van der Waals surface area contributed by atoms with Gasteiger partial charge < -0.3 is 19.5 Å². The van der Waals surface area contributed by atoms with Crippen molar-refractivity contribution in [2.24, 2.45) is 0 Å². The highest BCUT2D eigenvalue weighted by Crippen LogP contribution is 2.39. The van der Waals surface area contributed by atoms with Crippen molar-refractivity contribution in [2.45, 2.75) is 25.8 Å². The molecule has 1 aliphatic heterocycles. The molecule has 0 spiro atoms. The smallest absolute Gasteiger partial charge is 0.307 e. The van der Waals surface area contributed by atoms with Crippen molar-refractivity contribution in [1.29, 1.82) is 0 Å². The van der Waals surface area contributed by atoms with E-state index in [0.717, 1.165) is 11.1 Å². The molecule has 166 valence electrons. The lowest BCUT2D eigenvalue weighted by atomic mass is 9.90. The molecule has 0 bridgehead atoms. The van der Waals surface area contributed by atoms with Crippen LogP contribution in [0.3, 0.4) is 0 Å². The van der Waals surface area contributed by atoms with Crippen LogP contribution in [0.2, 0.25) is 0 Å².